The van der Waals surface area contributed by atoms with Gasteiger partial charge in [-0.05, 0) is 26.0 Å². The molecule has 2 fully saturated rings. The molecule has 2 aliphatic heterocycles. The fourth-order valence-electron chi connectivity index (χ4n) is 3.01. The molecule has 25 heavy (non-hydrogen) atoms. The van der Waals surface area contributed by atoms with Gasteiger partial charge in [-0.3, -0.25) is 4.79 Å². The minimum absolute atomic E-state index is 0.283. The lowest BCUT2D eigenvalue weighted by Crippen LogP contribution is -2.66. The number of amides is 1. The number of β-lactam (4-membered cyclic amide) rings is 1. The zero-order valence-corrected chi connectivity index (χ0v) is 14.9. The number of carbonyl (C=O) groups excluding carboxylic acids is 3. The molecule has 8 heteroatoms. The molecule has 0 aliphatic carbocycles. The largest absolute Gasteiger partial charge is 0.482 e. The second-order valence-corrected chi connectivity index (χ2v) is 8.07. The first-order valence-corrected chi connectivity index (χ1v) is 8.68. The number of hydrogen-bond acceptors (Lipinski definition) is 7. The number of esters is 2. The Bertz CT molecular complexity index is 692. The second kappa shape index (κ2) is 6.59. The number of hydrogen-bond donors (Lipinski definition) is 0. The first-order valence-electron chi connectivity index (χ1n) is 7.80. The average Bonchev–Trinajstić information content (AvgIpc) is 2.86. The van der Waals surface area contributed by atoms with Crippen LogP contribution < -0.4 is 4.74 Å². The molecule has 0 aromatic heterocycles. The highest BCUT2D eigenvalue weighted by atomic mass is 32.2. The van der Waals surface area contributed by atoms with E-state index in [1.165, 1.54) is 23.8 Å². The minimum Gasteiger partial charge on any atom is -0.482 e. The fourth-order valence-corrected chi connectivity index (χ4v) is 4.61. The zero-order valence-electron chi connectivity index (χ0n) is 14.1. The average molecular weight is 365 g/mol. The topological polar surface area (TPSA) is 82.1 Å². The number of fused-ring (bicyclic) bond motifs is 1. The first-order chi connectivity index (χ1) is 11.8. The van der Waals surface area contributed by atoms with Gasteiger partial charge in [-0.2, -0.15) is 0 Å². The number of para-hydroxylation sites is 1. The van der Waals surface area contributed by atoms with Gasteiger partial charge in [0, 0.05) is 4.75 Å². The van der Waals surface area contributed by atoms with Crippen molar-refractivity contribution in [3.05, 3.63) is 30.3 Å². The standard InChI is InChI=1S/C17H19NO6S/c1-17(2)13(16(21)22-3)18-14(20)12(15(18)25-17)24-11(19)9-23-10-7-5-4-6-8-10/h4-8,12-13,15H,9H2,1-3H3/t12-,13-,15+/m0/s1. The molecule has 0 radical (unpaired) electrons. The van der Waals surface area contributed by atoms with E-state index in [0.29, 0.717) is 5.75 Å². The van der Waals surface area contributed by atoms with Crippen LogP contribution in [0, 0.1) is 0 Å². The van der Waals surface area contributed by atoms with Crippen LogP contribution in [0.15, 0.2) is 30.3 Å². The van der Waals surface area contributed by atoms with Gasteiger partial charge < -0.3 is 19.1 Å². The Morgan fingerprint density at radius 2 is 1.92 bits per heavy atom. The van der Waals surface area contributed by atoms with Gasteiger partial charge in [-0.15, -0.1) is 11.8 Å². The predicted molar refractivity (Wildman–Crippen MR) is 89.9 cm³/mol. The van der Waals surface area contributed by atoms with Gasteiger partial charge in [-0.25, -0.2) is 9.59 Å². The molecule has 2 aliphatic rings. The summed E-state index contributed by atoms with van der Waals surface area (Å²) in [7, 11) is 1.29. The normalized spacial score (nSPS) is 26.4. The third-order valence-electron chi connectivity index (χ3n) is 4.17. The Morgan fingerprint density at radius 1 is 1.24 bits per heavy atom. The van der Waals surface area contributed by atoms with Gasteiger partial charge in [0.05, 0.1) is 7.11 Å². The van der Waals surface area contributed by atoms with Gasteiger partial charge in [-0.1, -0.05) is 18.2 Å². The summed E-state index contributed by atoms with van der Waals surface area (Å²) in [4.78, 5) is 37.8. The molecule has 1 aromatic carbocycles. The third-order valence-corrected chi connectivity index (χ3v) is 5.72. The summed E-state index contributed by atoms with van der Waals surface area (Å²) < 4.78 is 14.9. The number of ether oxygens (including phenoxy) is 3. The molecule has 0 saturated carbocycles. The highest BCUT2D eigenvalue weighted by Gasteiger charge is 2.65. The molecule has 7 nitrogen and oxygen atoms in total. The van der Waals surface area contributed by atoms with Crippen molar-refractivity contribution in [2.75, 3.05) is 13.7 Å². The van der Waals surface area contributed by atoms with Crippen molar-refractivity contribution >= 4 is 29.6 Å². The predicted octanol–water partition coefficient (Wildman–Crippen LogP) is 1.21. The van der Waals surface area contributed by atoms with Gasteiger partial charge in [0.1, 0.15) is 17.2 Å². The SMILES string of the molecule is COC(=O)[C@@H]1N2C(=O)[C@H](OC(=O)COc3ccccc3)[C@H]2SC1(C)C. The van der Waals surface area contributed by atoms with E-state index in [-0.39, 0.29) is 17.9 Å². The van der Waals surface area contributed by atoms with E-state index in [4.69, 9.17) is 14.2 Å². The monoisotopic (exact) mass is 365 g/mol. The van der Waals surface area contributed by atoms with Crippen LogP contribution in [0.25, 0.3) is 0 Å². The Kier molecular flexibility index (Phi) is 4.64. The highest BCUT2D eigenvalue weighted by Crippen LogP contribution is 2.51. The second-order valence-electron chi connectivity index (χ2n) is 6.30. The summed E-state index contributed by atoms with van der Waals surface area (Å²) in [5.41, 5.74) is 0. The van der Waals surface area contributed by atoms with Crippen LogP contribution in [0.4, 0.5) is 0 Å². The van der Waals surface area contributed by atoms with E-state index in [1.807, 2.05) is 19.9 Å². The third kappa shape index (κ3) is 3.18. The molecule has 134 valence electrons. The Morgan fingerprint density at radius 3 is 2.56 bits per heavy atom. The number of carbonyl (C=O) groups is 3. The summed E-state index contributed by atoms with van der Waals surface area (Å²) in [5, 5.41) is -0.382. The molecule has 2 heterocycles. The van der Waals surface area contributed by atoms with Crippen molar-refractivity contribution in [3.63, 3.8) is 0 Å². The molecule has 1 amide bonds. The molecule has 3 rings (SSSR count). The van der Waals surface area contributed by atoms with Gasteiger partial charge in [0.25, 0.3) is 5.91 Å². The van der Waals surface area contributed by atoms with Crippen LogP contribution >= 0.6 is 11.8 Å². The summed E-state index contributed by atoms with van der Waals surface area (Å²) >= 11 is 1.42. The molecule has 3 atom stereocenters. The van der Waals surface area contributed by atoms with Crippen molar-refractivity contribution in [2.24, 2.45) is 0 Å². The van der Waals surface area contributed by atoms with E-state index >= 15 is 0 Å². The Balaban J connectivity index is 1.59. The maximum atomic E-state index is 12.4. The summed E-state index contributed by atoms with van der Waals surface area (Å²) in [6.07, 6.45) is -0.897. The number of benzene rings is 1. The van der Waals surface area contributed by atoms with Crippen LogP contribution in [-0.2, 0) is 23.9 Å². The van der Waals surface area contributed by atoms with Crippen LogP contribution in [0.1, 0.15) is 13.8 Å². The first kappa shape index (κ1) is 17.6. The van der Waals surface area contributed by atoms with Crippen molar-refractivity contribution in [2.45, 2.75) is 36.1 Å². The summed E-state index contributed by atoms with van der Waals surface area (Å²) in [6.45, 7) is 3.44. The number of thioether (sulfide) groups is 1. The maximum absolute atomic E-state index is 12.4. The van der Waals surface area contributed by atoms with E-state index < -0.39 is 28.8 Å². The number of rotatable bonds is 5. The van der Waals surface area contributed by atoms with E-state index in [1.54, 1.807) is 24.3 Å². The number of methoxy groups -OCH3 is 1. The smallest absolute Gasteiger partial charge is 0.345 e. The lowest BCUT2D eigenvalue weighted by Gasteiger charge is -2.42. The van der Waals surface area contributed by atoms with Crippen molar-refractivity contribution in [3.8, 4) is 5.75 Å². The van der Waals surface area contributed by atoms with Crippen molar-refractivity contribution < 1.29 is 28.6 Å². The zero-order chi connectivity index (χ0) is 18.2. The van der Waals surface area contributed by atoms with Crippen LogP contribution in [0.5, 0.6) is 5.75 Å². The van der Waals surface area contributed by atoms with E-state index in [2.05, 4.69) is 0 Å². The fraction of sp³-hybridized carbons (Fsp3) is 0.471. The van der Waals surface area contributed by atoms with E-state index in [0.717, 1.165) is 0 Å². The lowest BCUT2D eigenvalue weighted by molar-refractivity contribution is -0.183. The van der Waals surface area contributed by atoms with Gasteiger partial charge >= 0.3 is 11.9 Å². The lowest BCUT2D eigenvalue weighted by atomic mass is 9.97. The molecule has 2 saturated heterocycles. The van der Waals surface area contributed by atoms with E-state index in [9.17, 15) is 14.4 Å². The van der Waals surface area contributed by atoms with Gasteiger partial charge in [0.2, 0.25) is 6.10 Å². The molecule has 0 unspecified atom stereocenters. The quantitative estimate of drug-likeness (QED) is 0.573. The molecule has 0 N–H and O–H groups in total. The van der Waals surface area contributed by atoms with Crippen LogP contribution in [-0.4, -0.2) is 58.7 Å². The number of nitrogens with zero attached hydrogens (tertiary/aromatic N) is 1. The van der Waals surface area contributed by atoms with Crippen LogP contribution in [0.3, 0.4) is 0 Å². The molecule has 0 spiro atoms. The molecule has 0 bridgehead atoms. The van der Waals surface area contributed by atoms with Crippen molar-refractivity contribution in [1.29, 1.82) is 0 Å². The Hall–Kier alpha value is -2.22. The summed E-state index contributed by atoms with van der Waals surface area (Å²) in [6, 6.07) is 8.18. The molecular weight excluding hydrogens is 346 g/mol. The van der Waals surface area contributed by atoms with Gasteiger partial charge in [0.15, 0.2) is 6.61 Å². The maximum Gasteiger partial charge on any atom is 0.345 e. The highest BCUT2D eigenvalue weighted by molar-refractivity contribution is 8.01. The molecule has 1 aromatic rings. The van der Waals surface area contributed by atoms with Crippen LogP contribution in [0.2, 0.25) is 0 Å². The minimum atomic E-state index is -0.897. The van der Waals surface area contributed by atoms with Crippen molar-refractivity contribution in [1.82, 2.24) is 4.90 Å². The molecular formula is C17H19NO6S. The summed E-state index contributed by atoms with van der Waals surface area (Å²) in [5.74, 6) is -0.929. The Labute approximate surface area is 149 Å².